The maximum atomic E-state index is 12.9. The Kier molecular flexibility index (Phi) is 4.91. The lowest BCUT2D eigenvalue weighted by atomic mass is 10.1. The van der Waals surface area contributed by atoms with E-state index >= 15 is 0 Å². The Morgan fingerprint density at radius 3 is 2.33 bits per heavy atom. The number of aromatic nitrogens is 2. The Bertz CT molecular complexity index is 758. The van der Waals surface area contributed by atoms with E-state index in [1.807, 2.05) is 13.0 Å². The number of hydrogen-bond acceptors (Lipinski definition) is 6. The molecule has 9 heteroatoms. The summed E-state index contributed by atoms with van der Waals surface area (Å²) in [4.78, 5) is 7.60. The molecule has 0 radical (unpaired) electrons. The van der Waals surface area contributed by atoms with E-state index in [0.717, 1.165) is 18.0 Å². The standard InChI is InChI=1S/C15H17F3N6/c1-8-4-11(20-2)9(6-19)12(5-8)23-14-22-7-10(15(16,17)18)13(21-3)24-14/h4-7,19-20H,1-3H3,(H2,21,22,23,24). The Balaban J connectivity index is 2.45. The van der Waals surface area contributed by atoms with Crippen molar-refractivity contribution in [1.29, 1.82) is 5.41 Å². The van der Waals surface area contributed by atoms with E-state index in [2.05, 4.69) is 25.9 Å². The molecule has 0 bridgehead atoms. The third-order valence-electron chi connectivity index (χ3n) is 3.32. The molecule has 128 valence electrons. The van der Waals surface area contributed by atoms with Crippen LogP contribution in [0.3, 0.4) is 0 Å². The van der Waals surface area contributed by atoms with Crippen LogP contribution in [0.4, 0.5) is 36.3 Å². The van der Waals surface area contributed by atoms with E-state index in [4.69, 9.17) is 5.41 Å². The van der Waals surface area contributed by atoms with Crippen molar-refractivity contribution in [3.8, 4) is 0 Å². The molecule has 0 aliphatic rings. The van der Waals surface area contributed by atoms with Gasteiger partial charge in [-0.15, -0.1) is 0 Å². The van der Waals surface area contributed by atoms with Crippen LogP contribution in [0.5, 0.6) is 0 Å². The summed E-state index contributed by atoms with van der Waals surface area (Å²) in [5.41, 5.74) is 1.76. The van der Waals surface area contributed by atoms with Crippen molar-refractivity contribution in [2.75, 3.05) is 30.0 Å². The monoisotopic (exact) mass is 338 g/mol. The van der Waals surface area contributed by atoms with Crippen LogP contribution in [0.2, 0.25) is 0 Å². The van der Waals surface area contributed by atoms with E-state index in [9.17, 15) is 13.2 Å². The first-order valence-electron chi connectivity index (χ1n) is 7.02. The topological polar surface area (TPSA) is 85.7 Å². The Labute approximate surface area is 137 Å². The van der Waals surface area contributed by atoms with Gasteiger partial charge in [0.1, 0.15) is 11.4 Å². The molecule has 4 N–H and O–H groups in total. The molecule has 1 heterocycles. The molecular formula is C15H17F3N6. The second-order valence-electron chi connectivity index (χ2n) is 5.00. The highest BCUT2D eigenvalue weighted by Gasteiger charge is 2.35. The number of anilines is 4. The van der Waals surface area contributed by atoms with Gasteiger partial charge >= 0.3 is 6.18 Å². The van der Waals surface area contributed by atoms with E-state index in [0.29, 0.717) is 16.9 Å². The molecule has 0 aliphatic heterocycles. The number of aryl methyl sites for hydroxylation is 1. The van der Waals surface area contributed by atoms with Crippen LogP contribution in [0.25, 0.3) is 0 Å². The number of nitrogens with one attached hydrogen (secondary N) is 4. The summed E-state index contributed by atoms with van der Waals surface area (Å²) in [7, 11) is 3.08. The highest BCUT2D eigenvalue weighted by Crippen LogP contribution is 2.34. The zero-order valence-corrected chi connectivity index (χ0v) is 13.3. The van der Waals surface area contributed by atoms with Crippen molar-refractivity contribution in [2.45, 2.75) is 13.1 Å². The SMILES string of the molecule is CNc1cc(C)cc(Nc2ncc(C(F)(F)F)c(NC)n2)c1C=N. The second-order valence-corrected chi connectivity index (χ2v) is 5.00. The zero-order valence-electron chi connectivity index (χ0n) is 13.3. The average Bonchev–Trinajstić information content (AvgIpc) is 2.53. The zero-order chi connectivity index (χ0) is 17.9. The molecule has 0 saturated heterocycles. The summed E-state index contributed by atoms with van der Waals surface area (Å²) in [6.45, 7) is 1.87. The van der Waals surface area contributed by atoms with E-state index in [1.165, 1.54) is 7.05 Å². The van der Waals surface area contributed by atoms with Crippen molar-refractivity contribution in [2.24, 2.45) is 0 Å². The van der Waals surface area contributed by atoms with Gasteiger partial charge in [-0.2, -0.15) is 18.2 Å². The predicted octanol–water partition coefficient (Wildman–Crippen LogP) is 3.63. The summed E-state index contributed by atoms with van der Waals surface area (Å²) in [5.74, 6) is -0.319. The van der Waals surface area contributed by atoms with Crippen LogP contribution in [0, 0.1) is 12.3 Å². The molecule has 0 atom stereocenters. The predicted molar refractivity (Wildman–Crippen MR) is 88.5 cm³/mol. The molecule has 24 heavy (non-hydrogen) atoms. The third-order valence-corrected chi connectivity index (χ3v) is 3.32. The third kappa shape index (κ3) is 3.55. The largest absolute Gasteiger partial charge is 0.421 e. The minimum absolute atomic E-state index is 0.00287. The molecule has 1 aromatic heterocycles. The first-order chi connectivity index (χ1) is 11.3. The van der Waals surface area contributed by atoms with Gasteiger partial charge in [0.2, 0.25) is 5.95 Å². The number of rotatable bonds is 5. The minimum atomic E-state index is -4.54. The smallest absolute Gasteiger partial charge is 0.388 e. The number of halogens is 3. The minimum Gasteiger partial charge on any atom is -0.388 e. The normalized spacial score (nSPS) is 11.1. The van der Waals surface area contributed by atoms with E-state index in [1.54, 1.807) is 13.1 Å². The van der Waals surface area contributed by atoms with Gasteiger partial charge in [0, 0.05) is 37.8 Å². The van der Waals surface area contributed by atoms with Gasteiger partial charge in [-0.3, -0.25) is 0 Å². The van der Waals surface area contributed by atoms with E-state index < -0.39 is 11.7 Å². The molecule has 0 saturated carbocycles. The number of benzene rings is 1. The first-order valence-corrected chi connectivity index (χ1v) is 7.02. The van der Waals surface area contributed by atoms with Gasteiger partial charge in [-0.05, 0) is 24.6 Å². The van der Waals surface area contributed by atoms with Crippen molar-refractivity contribution >= 4 is 29.4 Å². The molecule has 2 aromatic rings. The lowest BCUT2D eigenvalue weighted by Gasteiger charge is -2.15. The van der Waals surface area contributed by atoms with Crippen molar-refractivity contribution in [3.05, 3.63) is 35.0 Å². The number of alkyl halides is 3. The molecule has 2 rings (SSSR count). The van der Waals surface area contributed by atoms with Gasteiger partial charge in [0.25, 0.3) is 0 Å². The Hall–Kier alpha value is -2.84. The average molecular weight is 338 g/mol. The quantitative estimate of drug-likeness (QED) is 0.626. The molecular weight excluding hydrogens is 321 g/mol. The summed E-state index contributed by atoms with van der Waals surface area (Å²) in [5, 5.41) is 15.8. The van der Waals surface area contributed by atoms with Crippen LogP contribution in [0.1, 0.15) is 16.7 Å². The Morgan fingerprint density at radius 2 is 1.79 bits per heavy atom. The molecule has 0 unspecified atom stereocenters. The van der Waals surface area contributed by atoms with Crippen molar-refractivity contribution in [1.82, 2.24) is 9.97 Å². The summed E-state index contributed by atoms with van der Waals surface area (Å²) in [6, 6.07) is 3.62. The first kappa shape index (κ1) is 17.5. The Morgan fingerprint density at radius 1 is 1.12 bits per heavy atom. The highest BCUT2D eigenvalue weighted by atomic mass is 19.4. The van der Waals surface area contributed by atoms with Crippen LogP contribution in [-0.4, -0.2) is 30.3 Å². The van der Waals surface area contributed by atoms with Crippen molar-refractivity contribution < 1.29 is 13.2 Å². The number of hydrogen-bond donors (Lipinski definition) is 4. The second kappa shape index (κ2) is 6.73. The van der Waals surface area contributed by atoms with Gasteiger partial charge in [-0.25, -0.2) is 4.98 Å². The summed E-state index contributed by atoms with van der Waals surface area (Å²) in [6.07, 6.45) is -2.67. The lowest BCUT2D eigenvalue weighted by Crippen LogP contribution is -2.13. The molecule has 0 amide bonds. The molecule has 0 spiro atoms. The summed E-state index contributed by atoms with van der Waals surface area (Å²) < 4.78 is 38.7. The van der Waals surface area contributed by atoms with Crippen LogP contribution < -0.4 is 16.0 Å². The fourth-order valence-corrected chi connectivity index (χ4v) is 2.22. The molecule has 6 nitrogen and oxygen atoms in total. The highest BCUT2D eigenvalue weighted by molar-refractivity contribution is 5.94. The van der Waals surface area contributed by atoms with Crippen LogP contribution >= 0.6 is 0 Å². The van der Waals surface area contributed by atoms with Gasteiger partial charge < -0.3 is 21.4 Å². The van der Waals surface area contributed by atoms with E-state index in [-0.39, 0.29) is 11.8 Å². The lowest BCUT2D eigenvalue weighted by molar-refractivity contribution is -0.137. The fourth-order valence-electron chi connectivity index (χ4n) is 2.22. The van der Waals surface area contributed by atoms with Crippen LogP contribution in [0.15, 0.2) is 18.3 Å². The molecule has 0 aliphatic carbocycles. The van der Waals surface area contributed by atoms with Gasteiger partial charge in [0.05, 0.1) is 5.69 Å². The van der Waals surface area contributed by atoms with Gasteiger partial charge in [-0.1, -0.05) is 0 Å². The van der Waals surface area contributed by atoms with Crippen LogP contribution in [-0.2, 0) is 6.18 Å². The van der Waals surface area contributed by atoms with Crippen molar-refractivity contribution in [3.63, 3.8) is 0 Å². The van der Waals surface area contributed by atoms with Gasteiger partial charge in [0.15, 0.2) is 0 Å². The molecule has 0 fully saturated rings. The number of nitrogens with zero attached hydrogens (tertiary/aromatic N) is 2. The molecule has 1 aromatic carbocycles. The maximum Gasteiger partial charge on any atom is 0.421 e. The maximum absolute atomic E-state index is 12.9. The summed E-state index contributed by atoms with van der Waals surface area (Å²) >= 11 is 0. The fraction of sp³-hybridized carbons (Fsp3) is 0.267.